The number of hydrogen-bond donors (Lipinski definition) is 1. The molecule has 0 aromatic heterocycles. The largest absolute Gasteiger partial charge is 0.382 e. The highest BCUT2D eigenvalue weighted by molar-refractivity contribution is 5.54. The van der Waals surface area contributed by atoms with Gasteiger partial charge in [-0.3, -0.25) is 10.1 Å². The number of rotatable bonds is 5. The summed E-state index contributed by atoms with van der Waals surface area (Å²) in [5, 5.41) is 22.5. The number of benzene rings is 2. The minimum absolute atomic E-state index is 0.0820. The minimum atomic E-state index is -0.419. The quantitative estimate of drug-likeness (QED) is 0.670. The van der Waals surface area contributed by atoms with Gasteiger partial charge >= 0.3 is 0 Å². The predicted molar refractivity (Wildman–Crippen MR) is 81.8 cm³/mol. The van der Waals surface area contributed by atoms with Gasteiger partial charge in [0.2, 0.25) is 0 Å². The molecule has 0 aliphatic carbocycles. The second-order valence-electron chi connectivity index (χ2n) is 4.32. The van der Waals surface area contributed by atoms with Gasteiger partial charge in [-0.25, -0.2) is 0 Å². The number of nitrogens with one attached hydrogen (secondary N) is 1. The molecule has 0 fully saturated rings. The zero-order valence-electron chi connectivity index (χ0n) is 11.2. The molecule has 0 saturated carbocycles. The second-order valence-corrected chi connectivity index (χ2v) is 4.32. The molecule has 104 valence electrons. The first-order chi connectivity index (χ1) is 10.2. The lowest BCUT2D eigenvalue weighted by molar-refractivity contribution is -0.384. The molecule has 21 heavy (non-hydrogen) atoms. The molecular formula is C16H13N3O2. The lowest BCUT2D eigenvalue weighted by Crippen LogP contribution is -1.97. The van der Waals surface area contributed by atoms with Crippen LogP contribution >= 0.6 is 0 Å². The van der Waals surface area contributed by atoms with Crippen LogP contribution in [0.25, 0.3) is 6.08 Å². The van der Waals surface area contributed by atoms with Gasteiger partial charge in [0.15, 0.2) is 0 Å². The van der Waals surface area contributed by atoms with E-state index < -0.39 is 4.92 Å². The molecular weight excluding hydrogens is 266 g/mol. The first kappa shape index (κ1) is 14.3. The molecule has 0 heterocycles. The van der Waals surface area contributed by atoms with Crippen molar-refractivity contribution in [1.82, 2.24) is 0 Å². The Balaban J connectivity index is 1.90. The van der Waals surface area contributed by atoms with Gasteiger partial charge < -0.3 is 5.32 Å². The molecule has 0 bridgehead atoms. The number of hydrogen-bond acceptors (Lipinski definition) is 4. The van der Waals surface area contributed by atoms with Crippen LogP contribution in [-0.2, 0) is 0 Å². The van der Waals surface area contributed by atoms with Crippen molar-refractivity contribution in [3.8, 4) is 6.07 Å². The molecule has 0 atom stereocenters. The molecule has 2 aromatic rings. The van der Waals surface area contributed by atoms with Crippen LogP contribution in [0.3, 0.4) is 0 Å². The number of nitro groups is 1. The van der Waals surface area contributed by atoms with Gasteiger partial charge in [0.1, 0.15) is 0 Å². The zero-order valence-corrected chi connectivity index (χ0v) is 11.2. The van der Waals surface area contributed by atoms with E-state index in [0.29, 0.717) is 12.1 Å². The van der Waals surface area contributed by atoms with Crippen molar-refractivity contribution in [2.45, 2.75) is 0 Å². The summed E-state index contributed by atoms with van der Waals surface area (Å²) in [6.45, 7) is 0.603. The minimum Gasteiger partial charge on any atom is -0.382 e. The highest BCUT2D eigenvalue weighted by atomic mass is 16.6. The van der Waals surface area contributed by atoms with Crippen molar-refractivity contribution in [3.63, 3.8) is 0 Å². The molecule has 0 radical (unpaired) electrons. The SMILES string of the molecule is N#Cc1cccc(NCC=Cc2ccc([N+](=O)[O-])cc2)c1. The summed E-state index contributed by atoms with van der Waals surface area (Å²) < 4.78 is 0. The summed E-state index contributed by atoms with van der Waals surface area (Å²) in [6, 6.07) is 15.7. The van der Waals surface area contributed by atoms with Crippen LogP contribution < -0.4 is 5.32 Å². The fourth-order valence-corrected chi connectivity index (χ4v) is 1.78. The van der Waals surface area contributed by atoms with Crippen LogP contribution in [0.1, 0.15) is 11.1 Å². The summed E-state index contributed by atoms with van der Waals surface area (Å²) >= 11 is 0. The molecule has 0 spiro atoms. The first-order valence-electron chi connectivity index (χ1n) is 6.34. The van der Waals surface area contributed by atoms with Crippen molar-refractivity contribution < 1.29 is 4.92 Å². The van der Waals surface area contributed by atoms with Crippen LogP contribution in [0.15, 0.2) is 54.6 Å². The summed E-state index contributed by atoms with van der Waals surface area (Å²) in [5.41, 5.74) is 2.47. The Hall–Kier alpha value is -3.13. The van der Waals surface area contributed by atoms with E-state index in [2.05, 4.69) is 11.4 Å². The molecule has 5 heteroatoms. The van der Waals surface area contributed by atoms with Gasteiger partial charge in [-0.05, 0) is 35.9 Å². The van der Waals surface area contributed by atoms with Crippen LogP contribution in [0, 0.1) is 21.4 Å². The van der Waals surface area contributed by atoms with E-state index in [0.717, 1.165) is 11.3 Å². The van der Waals surface area contributed by atoms with Crippen molar-refractivity contribution in [2.24, 2.45) is 0 Å². The Morgan fingerprint density at radius 2 is 2.00 bits per heavy atom. The topological polar surface area (TPSA) is 79.0 Å². The first-order valence-corrected chi connectivity index (χ1v) is 6.34. The van der Waals surface area contributed by atoms with Crippen LogP contribution in [0.4, 0.5) is 11.4 Å². The number of nitro benzene ring substituents is 1. The van der Waals surface area contributed by atoms with Crippen LogP contribution in [0.5, 0.6) is 0 Å². The maximum atomic E-state index is 10.5. The lowest BCUT2D eigenvalue weighted by atomic mass is 10.2. The van der Waals surface area contributed by atoms with E-state index in [1.807, 2.05) is 24.3 Å². The number of anilines is 1. The zero-order chi connectivity index (χ0) is 15.1. The van der Waals surface area contributed by atoms with Crippen molar-refractivity contribution >= 4 is 17.5 Å². The van der Waals surface area contributed by atoms with Gasteiger partial charge in [0, 0.05) is 24.4 Å². The van der Waals surface area contributed by atoms with Gasteiger partial charge in [-0.15, -0.1) is 0 Å². The Kier molecular flexibility index (Phi) is 4.67. The Bertz CT molecular complexity index is 700. The molecule has 0 saturated heterocycles. The Morgan fingerprint density at radius 1 is 1.24 bits per heavy atom. The molecule has 2 aromatic carbocycles. The summed E-state index contributed by atoms with van der Waals surface area (Å²) in [7, 11) is 0. The third kappa shape index (κ3) is 4.18. The Labute approximate surface area is 122 Å². The maximum absolute atomic E-state index is 10.5. The monoisotopic (exact) mass is 279 g/mol. The summed E-state index contributed by atoms with van der Waals surface area (Å²) in [4.78, 5) is 10.1. The summed E-state index contributed by atoms with van der Waals surface area (Å²) in [5.74, 6) is 0. The molecule has 0 unspecified atom stereocenters. The van der Waals surface area contributed by atoms with E-state index in [-0.39, 0.29) is 5.69 Å². The van der Waals surface area contributed by atoms with Crippen molar-refractivity contribution in [2.75, 3.05) is 11.9 Å². The normalized spacial score (nSPS) is 10.2. The average molecular weight is 279 g/mol. The summed E-state index contributed by atoms with van der Waals surface area (Å²) in [6.07, 6.45) is 3.80. The van der Waals surface area contributed by atoms with E-state index >= 15 is 0 Å². The number of non-ortho nitro benzene ring substituents is 1. The smallest absolute Gasteiger partial charge is 0.269 e. The molecule has 0 amide bonds. The van der Waals surface area contributed by atoms with Crippen molar-refractivity contribution in [3.05, 3.63) is 75.8 Å². The second kappa shape index (κ2) is 6.87. The van der Waals surface area contributed by atoms with E-state index in [1.165, 1.54) is 12.1 Å². The highest BCUT2D eigenvalue weighted by Gasteiger charge is 2.01. The van der Waals surface area contributed by atoms with Crippen LogP contribution in [0.2, 0.25) is 0 Å². The molecule has 0 aliphatic heterocycles. The van der Waals surface area contributed by atoms with Crippen molar-refractivity contribution in [1.29, 1.82) is 5.26 Å². The molecule has 5 nitrogen and oxygen atoms in total. The van der Waals surface area contributed by atoms with E-state index in [1.54, 1.807) is 24.3 Å². The molecule has 2 rings (SSSR count). The fourth-order valence-electron chi connectivity index (χ4n) is 1.78. The number of nitriles is 1. The predicted octanol–water partition coefficient (Wildman–Crippen LogP) is 3.59. The molecule has 0 aliphatic rings. The van der Waals surface area contributed by atoms with E-state index in [9.17, 15) is 10.1 Å². The number of nitrogens with zero attached hydrogens (tertiary/aromatic N) is 2. The van der Waals surface area contributed by atoms with E-state index in [4.69, 9.17) is 5.26 Å². The molecule has 1 N–H and O–H groups in total. The van der Waals surface area contributed by atoms with Crippen LogP contribution in [-0.4, -0.2) is 11.5 Å². The maximum Gasteiger partial charge on any atom is 0.269 e. The van der Waals surface area contributed by atoms with Gasteiger partial charge in [-0.2, -0.15) is 5.26 Å². The standard InChI is InChI=1S/C16H13N3O2/c17-12-14-3-1-5-15(11-14)18-10-2-4-13-6-8-16(9-7-13)19(20)21/h1-9,11,18H,10H2. The fraction of sp³-hybridized carbons (Fsp3) is 0.0625. The lowest BCUT2D eigenvalue weighted by Gasteiger charge is -2.02. The third-order valence-electron chi connectivity index (χ3n) is 2.83. The van der Waals surface area contributed by atoms with Gasteiger partial charge in [0.05, 0.1) is 16.6 Å². The van der Waals surface area contributed by atoms with Gasteiger partial charge in [0.25, 0.3) is 5.69 Å². The van der Waals surface area contributed by atoms with Gasteiger partial charge in [-0.1, -0.05) is 18.2 Å². The Morgan fingerprint density at radius 3 is 2.67 bits per heavy atom. The average Bonchev–Trinajstić information content (AvgIpc) is 2.52. The highest BCUT2D eigenvalue weighted by Crippen LogP contribution is 2.13. The third-order valence-corrected chi connectivity index (χ3v) is 2.83.